The van der Waals surface area contributed by atoms with E-state index in [0.29, 0.717) is 41.1 Å². The van der Waals surface area contributed by atoms with E-state index >= 15 is 0 Å². The van der Waals surface area contributed by atoms with Crippen LogP contribution in [0.25, 0.3) is 11.3 Å². The van der Waals surface area contributed by atoms with E-state index in [2.05, 4.69) is 15.6 Å². The zero-order chi connectivity index (χ0) is 26.9. The summed E-state index contributed by atoms with van der Waals surface area (Å²) in [6.07, 6.45) is 1.06. The largest absolute Gasteiger partial charge is 0.367 e. The molecule has 38 heavy (non-hydrogen) atoms. The third-order valence-corrected chi connectivity index (χ3v) is 6.21. The Bertz CT molecular complexity index is 1560. The minimum absolute atomic E-state index is 0.0425. The van der Waals surface area contributed by atoms with Gasteiger partial charge in [-0.2, -0.15) is 0 Å². The Balaban J connectivity index is 1.43. The SMILES string of the molecule is CC1(C)C/C(=N\OC(=O)c2ccccc2NC(=O)c2ccccc2F)c2c(-c3ccc(F)cc3)noc2C1. The number of oxime groups is 1. The van der Waals surface area contributed by atoms with Crippen molar-refractivity contribution >= 4 is 23.3 Å². The lowest BCUT2D eigenvalue weighted by molar-refractivity contribution is 0.0515. The van der Waals surface area contributed by atoms with Crippen molar-refractivity contribution in [3.8, 4) is 11.3 Å². The highest BCUT2D eigenvalue weighted by atomic mass is 19.1. The minimum atomic E-state index is -0.813. The van der Waals surface area contributed by atoms with Gasteiger partial charge in [0.25, 0.3) is 5.91 Å². The smallest absolute Gasteiger partial charge is 0.360 e. The van der Waals surface area contributed by atoms with Crippen molar-refractivity contribution in [2.75, 3.05) is 5.32 Å². The fourth-order valence-electron chi connectivity index (χ4n) is 4.41. The lowest BCUT2D eigenvalue weighted by atomic mass is 9.75. The molecule has 0 bridgehead atoms. The van der Waals surface area contributed by atoms with E-state index in [9.17, 15) is 18.4 Å². The molecule has 4 aromatic rings. The zero-order valence-electron chi connectivity index (χ0n) is 20.6. The molecule has 5 rings (SSSR count). The third kappa shape index (κ3) is 5.08. The van der Waals surface area contributed by atoms with Crippen LogP contribution in [0.1, 0.15) is 52.3 Å². The summed E-state index contributed by atoms with van der Waals surface area (Å²) in [6, 6.07) is 17.6. The minimum Gasteiger partial charge on any atom is -0.360 e. The van der Waals surface area contributed by atoms with Gasteiger partial charge in [0.15, 0.2) is 0 Å². The maximum Gasteiger partial charge on any atom is 0.367 e. The van der Waals surface area contributed by atoms with E-state index in [1.165, 1.54) is 42.5 Å². The molecule has 0 fully saturated rings. The molecule has 7 nitrogen and oxygen atoms in total. The van der Waals surface area contributed by atoms with E-state index in [1.807, 2.05) is 13.8 Å². The summed E-state index contributed by atoms with van der Waals surface area (Å²) in [5.74, 6) is -1.99. The monoisotopic (exact) mass is 515 g/mol. The lowest BCUT2D eigenvalue weighted by Crippen LogP contribution is -2.27. The highest BCUT2D eigenvalue weighted by molar-refractivity contribution is 6.09. The summed E-state index contributed by atoms with van der Waals surface area (Å²) >= 11 is 0. The van der Waals surface area contributed by atoms with Crippen molar-refractivity contribution in [3.63, 3.8) is 0 Å². The Labute approximate surface area is 217 Å². The molecule has 0 aliphatic heterocycles. The average molecular weight is 516 g/mol. The van der Waals surface area contributed by atoms with Crippen LogP contribution in [-0.2, 0) is 11.3 Å². The lowest BCUT2D eigenvalue weighted by Gasteiger charge is -2.28. The summed E-state index contributed by atoms with van der Waals surface area (Å²) in [6.45, 7) is 4.06. The number of anilines is 1. The Kier molecular flexibility index (Phi) is 6.59. The average Bonchev–Trinajstić information content (AvgIpc) is 3.30. The van der Waals surface area contributed by atoms with Crippen LogP contribution in [0.3, 0.4) is 0 Å². The zero-order valence-corrected chi connectivity index (χ0v) is 20.6. The summed E-state index contributed by atoms with van der Waals surface area (Å²) in [7, 11) is 0. The maximum atomic E-state index is 14.1. The molecule has 0 spiro atoms. The Morgan fingerprint density at radius 1 is 0.947 bits per heavy atom. The van der Waals surface area contributed by atoms with Crippen molar-refractivity contribution in [1.29, 1.82) is 0 Å². The van der Waals surface area contributed by atoms with Crippen molar-refractivity contribution in [1.82, 2.24) is 5.16 Å². The predicted octanol–water partition coefficient (Wildman–Crippen LogP) is 6.41. The number of amides is 1. The number of carbonyl (C=O) groups is 2. The van der Waals surface area contributed by atoms with Crippen LogP contribution in [0.4, 0.5) is 14.5 Å². The van der Waals surface area contributed by atoms with E-state index < -0.39 is 17.7 Å². The van der Waals surface area contributed by atoms with Gasteiger partial charge in [-0.05, 0) is 60.4 Å². The van der Waals surface area contributed by atoms with Crippen molar-refractivity contribution in [2.24, 2.45) is 10.6 Å². The highest BCUT2D eigenvalue weighted by Gasteiger charge is 2.36. The first-order chi connectivity index (χ1) is 18.2. The number of nitrogens with one attached hydrogen (secondary N) is 1. The molecule has 0 atom stereocenters. The molecule has 0 radical (unpaired) electrons. The number of para-hydroxylation sites is 1. The van der Waals surface area contributed by atoms with E-state index in [0.717, 1.165) is 0 Å². The Hall–Kier alpha value is -4.66. The quantitative estimate of drug-likeness (QED) is 0.245. The van der Waals surface area contributed by atoms with Gasteiger partial charge < -0.3 is 14.7 Å². The van der Waals surface area contributed by atoms with Crippen LogP contribution in [0.5, 0.6) is 0 Å². The van der Waals surface area contributed by atoms with Gasteiger partial charge in [-0.25, -0.2) is 13.6 Å². The van der Waals surface area contributed by atoms with Gasteiger partial charge in [-0.15, -0.1) is 0 Å². The number of hydrogen-bond donors (Lipinski definition) is 1. The Morgan fingerprint density at radius 3 is 2.37 bits per heavy atom. The number of carbonyl (C=O) groups excluding carboxylic acids is 2. The third-order valence-electron chi connectivity index (χ3n) is 6.21. The Morgan fingerprint density at radius 2 is 1.63 bits per heavy atom. The molecular weight excluding hydrogens is 492 g/mol. The molecular formula is C29H23F2N3O4. The molecule has 1 amide bonds. The molecule has 1 aliphatic rings. The van der Waals surface area contributed by atoms with Gasteiger partial charge in [0, 0.05) is 12.0 Å². The van der Waals surface area contributed by atoms with Crippen LogP contribution in [0.2, 0.25) is 0 Å². The van der Waals surface area contributed by atoms with Crippen molar-refractivity contribution < 1.29 is 27.7 Å². The van der Waals surface area contributed by atoms with Crippen LogP contribution < -0.4 is 5.32 Å². The van der Waals surface area contributed by atoms with E-state index in [4.69, 9.17) is 9.36 Å². The summed E-state index contributed by atoms with van der Waals surface area (Å²) < 4.78 is 33.1. The summed E-state index contributed by atoms with van der Waals surface area (Å²) in [5.41, 5.74) is 1.95. The second-order valence-electron chi connectivity index (χ2n) is 9.75. The van der Waals surface area contributed by atoms with Gasteiger partial charge in [0.2, 0.25) is 0 Å². The number of nitrogens with zero attached hydrogens (tertiary/aromatic N) is 2. The highest BCUT2D eigenvalue weighted by Crippen LogP contribution is 2.39. The maximum absolute atomic E-state index is 14.1. The molecule has 0 unspecified atom stereocenters. The number of benzene rings is 3. The molecule has 3 aromatic carbocycles. The number of rotatable bonds is 5. The predicted molar refractivity (Wildman–Crippen MR) is 137 cm³/mol. The van der Waals surface area contributed by atoms with E-state index in [-0.39, 0.29) is 28.0 Å². The van der Waals surface area contributed by atoms with Gasteiger partial charge in [-0.1, -0.05) is 48.4 Å². The van der Waals surface area contributed by atoms with Crippen LogP contribution in [0.15, 0.2) is 82.5 Å². The van der Waals surface area contributed by atoms with Gasteiger partial charge in [0.1, 0.15) is 23.1 Å². The first-order valence-corrected chi connectivity index (χ1v) is 11.9. The van der Waals surface area contributed by atoms with E-state index in [1.54, 1.807) is 30.3 Å². The molecule has 0 saturated heterocycles. The fourth-order valence-corrected chi connectivity index (χ4v) is 4.41. The van der Waals surface area contributed by atoms with Crippen molar-refractivity contribution in [3.05, 3.63) is 107 Å². The molecule has 1 N–H and O–H groups in total. The first-order valence-electron chi connectivity index (χ1n) is 11.9. The van der Waals surface area contributed by atoms with Crippen LogP contribution >= 0.6 is 0 Å². The molecule has 192 valence electrons. The molecule has 0 saturated carbocycles. The van der Waals surface area contributed by atoms with Crippen molar-refractivity contribution in [2.45, 2.75) is 26.7 Å². The fraction of sp³-hybridized carbons (Fsp3) is 0.172. The van der Waals surface area contributed by atoms with Gasteiger partial charge in [-0.3, -0.25) is 4.79 Å². The second-order valence-corrected chi connectivity index (χ2v) is 9.75. The number of fused-ring (bicyclic) bond motifs is 1. The second kappa shape index (κ2) is 10.0. The van der Waals surface area contributed by atoms with Gasteiger partial charge >= 0.3 is 5.97 Å². The van der Waals surface area contributed by atoms with Crippen LogP contribution in [-0.4, -0.2) is 22.7 Å². The number of aromatic nitrogens is 1. The molecule has 9 heteroatoms. The number of hydrogen-bond acceptors (Lipinski definition) is 6. The molecule has 1 aliphatic carbocycles. The first kappa shape index (κ1) is 25.0. The summed E-state index contributed by atoms with van der Waals surface area (Å²) in [4.78, 5) is 31.0. The standard InChI is InChI=1S/C29H23F2N3O4/c1-29(2)15-23(25-24(16-29)37-34-26(25)17-11-13-18(30)14-12-17)33-38-28(36)20-8-4-6-10-22(20)32-27(35)19-7-3-5-9-21(19)31/h3-14H,15-16H2,1-2H3,(H,32,35)/b33-23+. The molecule has 1 aromatic heterocycles. The van der Waals surface area contributed by atoms with Crippen LogP contribution in [0, 0.1) is 17.0 Å². The normalized spacial score (nSPS) is 15.1. The number of halogens is 2. The summed E-state index contributed by atoms with van der Waals surface area (Å²) in [5, 5.41) is 10.9. The topological polar surface area (TPSA) is 93.8 Å². The molecule has 1 heterocycles. The van der Waals surface area contributed by atoms with Gasteiger partial charge in [0.05, 0.1) is 28.1 Å².